The predicted octanol–water partition coefficient (Wildman–Crippen LogP) is 3.96. The number of carbonyl (C=O) groups excluding carboxylic acids is 1. The summed E-state index contributed by atoms with van der Waals surface area (Å²) >= 11 is 2.74. The third kappa shape index (κ3) is 4.92. The number of benzene rings is 2. The molecule has 10 heteroatoms. The lowest BCUT2D eigenvalue weighted by Crippen LogP contribution is -2.24. The minimum absolute atomic E-state index is 0.127. The molecule has 0 fully saturated rings. The van der Waals surface area contributed by atoms with Crippen molar-refractivity contribution < 1.29 is 9.21 Å². The van der Waals surface area contributed by atoms with Crippen LogP contribution in [-0.4, -0.2) is 31.6 Å². The molecule has 2 aromatic carbocycles. The molecule has 0 bridgehead atoms. The molecule has 0 saturated heterocycles. The van der Waals surface area contributed by atoms with Crippen LogP contribution < -0.4 is 10.9 Å². The van der Waals surface area contributed by atoms with Gasteiger partial charge in [-0.25, -0.2) is 4.68 Å². The minimum atomic E-state index is -0.195. The van der Waals surface area contributed by atoms with Gasteiger partial charge in [0.15, 0.2) is 5.69 Å². The highest BCUT2D eigenvalue weighted by Crippen LogP contribution is 2.26. The maximum atomic E-state index is 13.0. The summed E-state index contributed by atoms with van der Waals surface area (Å²) in [5.74, 6) is 0.215. The molecule has 0 radical (unpaired) electrons. The number of aromatic nitrogens is 4. The van der Waals surface area contributed by atoms with Gasteiger partial charge in [0, 0.05) is 10.3 Å². The number of carbonyl (C=O) groups is 1. The Kier molecular flexibility index (Phi) is 6.50. The molecule has 8 nitrogen and oxygen atoms in total. The predicted molar refractivity (Wildman–Crippen MR) is 132 cm³/mol. The van der Waals surface area contributed by atoms with Crippen molar-refractivity contribution in [3.8, 4) is 11.6 Å². The molecule has 3 heterocycles. The minimum Gasteiger partial charge on any atom is -0.409 e. The number of nitrogens with zero attached hydrogens (tertiary/aromatic N) is 4. The topological polar surface area (TPSA) is 103 Å². The van der Waals surface area contributed by atoms with Crippen LogP contribution in [0.5, 0.6) is 0 Å². The fourth-order valence-corrected chi connectivity index (χ4v) is 4.64. The third-order valence-corrected chi connectivity index (χ3v) is 6.71. The normalized spacial score (nSPS) is 11.1. The van der Waals surface area contributed by atoms with Gasteiger partial charge in [-0.3, -0.25) is 9.59 Å². The fourth-order valence-electron chi connectivity index (χ4n) is 3.40. The van der Waals surface area contributed by atoms with Crippen molar-refractivity contribution in [3.05, 3.63) is 92.9 Å². The number of thiophene rings is 1. The number of nitrogens with one attached hydrogen (secondary N) is 1. The lowest BCUT2D eigenvalue weighted by atomic mass is 10.1. The molecule has 0 aliphatic rings. The molecule has 5 aromatic rings. The molecule has 170 valence electrons. The number of amides is 1. The van der Waals surface area contributed by atoms with Crippen LogP contribution in [0.4, 0.5) is 0 Å². The average Bonchev–Trinajstić information content (AvgIpc) is 3.56. The van der Waals surface area contributed by atoms with Crippen LogP contribution in [0.25, 0.3) is 22.4 Å². The van der Waals surface area contributed by atoms with E-state index in [1.165, 1.54) is 4.68 Å². The molecular weight excluding hydrogens is 470 g/mol. The van der Waals surface area contributed by atoms with E-state index >= 15 is 0 Å². The van der Waals surface area contributed by atoms with E-state index in [0.29, 0.717) is 29.6 Å². The highest BCUT2D eigenvalue weighted by Gasteiger charge is 2.18. The fraction of sp³-hybridized carbons (Fsp3) is 0.125. The van der Waals surface area contributed by atoms with E-state index in [9.17, 15) is 9.59 Å². The number of rotatable bonds is 8. The smallest absolute Gasteiger partial charge is 0.277 e. The lowest BCUT2D eigenvalue weighted by Gasteiger charge is -2.09. The zero-order valence-corrected chi connectivity index (χ0v) is 19.5. The van der Waals surface area contributed by atoms with Gasteiger partial charge < -0.3 is 9.73 Å². The first-order valence-electron chi connectivity index (χ1n) is 10.5. The van der Waals surface area contributed by atoms with Gasteiger partial charge in [-0.05, 0) is 23.1 Å². The summed E-state index contributed by atoms with van der Waals surface area (Å²) in [6.07, 6.45) is 0. The highest BCUT2D eigenvalue weighted by atomic mass is 32.2. The third-order valence-electron chi connectivity index (χ3n) is 5.02. The molecule has 0 saturated carbocycles. The van der Waals surface area contributed by atoms with E-state index in [1.54, 1.807) is 23.5 Å². The molecule has 1 amide bonds. The quantitative estimate of drug-likeness (QED) is 0.329. The molecule has 3 aromatic heterocycles. The average molecular weight is 490 g/mol. The van der Waals surface area contributed by atoms with Crippen molar-refractivity contribution in [2.24, 2.45) is 0 Å². The summed E-state index contributed by atoms with van der Waals surface area (Å²) in [5.41, 5.74) is 1.18. The summed E-state index contributed by atoms with van der Waals surface area (Å²) in [6.45, 7) is 0.808. The van der Waals surface area contributed by atoms with E-state index < -0.39 is 0 Å². The Morgan fingerprint density at radius 2 is 1.79 bits per heavy atom. The molecule has 34 heavy (non-hydrogen) atoms. The largest absolute Gasteiger partial charge is 0.409 e. The Hall–Kier alpha value is -3.76. The van der Waals surface area contributed by atoms with E-state index in [4.69, 9.17) is 4.42 Å². The Labute approximate surface area is 202 Å². The van der Waals surface area contributed by atoms with Crippen molar-refractivity contribution in [3.63, 3.8) is 0 Å². The SMILES string of the molecule is O=C(CSc1nnc(-c2nn(Cc3ccccc3)c(=O)c3ccccc23)o1)NCc1cccs1. The standard InChI is InChI=1S/C24H19N5O3S2/c30-20(25-13-17-9-6-12-33-17)15-34-24-27-26-22(32-24)21-18-10-4-5-11-19(18)23(31)29(28-21)14-16-7-2-1-3-8-16/h1-12H,13-15H2,(H,25,30). The van der Waals surface area contributed by atoms with Gasteiger partial charge in [0.05, 0.1) is 24.2 Å². The molecule has 0 atom stereocenters. The molecule has 0 spiro atoms. The summed E-state index contributed by atoms with van der Waals surface area (Å²) in [5, 5.41) is 19.0. The van der Waals surface area contributed by atoms with Crippen LogP contribution in [0.1, 0.15) is 10.4 Å². The van der Waals surface area contributed by atoms with Crippen molar-refractivity contribution in [2.45, 2.75) is 18.3 Å². The van der Waals surface area contributed by atoms with Crippen molar-refractivity contribution in [1.29, 1.82) is 0 Å². The van der Waals surface area contributed by atoms with Gasteiger partial charge in [-0.15, -0.1) is 21.5 Å². The Morgan fingerprint density at radius 3 is 2.59 bits per heavy atom. The molecular formula is C24H19N5O3S2. The van der Waals surface area contributed by atoms with E-state index in [1.807, 2.05) is 60.0 Å². The Balaban J connectivity index is 1.37. The van der Waals surface area contributed by atoms with E-state index in [-0.39, 0.29) is 28.3 Å². The van der Waals surface area contributed by atoms with Gasteiger partial charge in [-0.1, -0.05) is 66.4 Å². The molecule has 0 unspecified atom stereocenters. The van der Waals surface area contributed by atoms with E-state index in [0.717, 1.165) is 22.2 Å². The van der Waals surface area contributed by atoms with E-state index in [2.05, 4.69) is 20.6 Å². The first-order valence-corrected chi connectivity index (χ1v) is 12.3. The van der Waals surface area contributed by atoms with Gasteiger partial charge in [0.25, 0.3) is 16.7 Å². The molecule has 1 N–H and O–H groups in total. The van der Waals surface area contributed by atoms with Crippen molar-refractivity contribution in [1.82, 2.24) is 25.3 Å². The zero-order chi connectivity index (χ0) is 23.3. The maximum absolute atomic E-state index is 13.0. The van der Waals surface area contributed by atoms with Crippen LogP contribution >= 0.6 is 23.1 Å². The second-order valence-corrected chi connectivity index (χ2v) is 9.32. The number of thioether (sulfide) groups is 1. The lowest BCUT2D eigenvalue weighted by molar-refractivity contribution is -0.118. The van der Waals surface area contributed by atoms with Crippen molar-refractivity contribution in [2.75, 3.05) is 5.75 Å². The van der Waals surface area contributed by atoms with Crippen LogP contribution in [-0.2, 0) is 17.9 Å². The highest BCUT2D eigenvalue weighted by molar-refractivity contribution is 7.99. The number of hydrogen-bond acceptors (Lipinski definition) is 8. The number of fused-ring (bicyclic) bond motifs is 1. The maximum Gasteiger partial charge on any atom is 0.277 e. The van der Waals surface area contributed by atoms with Crippen LogP contribution in [0, 0.1) is 0 Å². The molecule has 0 aliphatic carbocycles. The summed E-state index contributed by atoms with van der Waals surface area (Å²) < 4.78 is 7.21. The van der Waals surface area contributed by atoms with Gasteiger partial charge in [0.2, 0.25) is 5.91 Å². The second-order valence-electron chi connectivity index (χ2n) is 7.36. The van der Waals surface area contributed by atoms with Crippen molar-refractivity contribution >= 4 is 39.8 Å². The summed E-state index contributed by atoms with van der Waals surface area (Å²) in [6, 6.07) is 20.8. The van der Waals surface area contributed by atoms with Crippen LogP contribution in [0.3, 0.4) is 0 Å². The van der Waals surface area contributed by atoms with Gasteiger partial charge in [0.1, 0.15) is 0 Å². The van der Waals surface area contributed by atoms with Crippen LogP contribution in [0.2, 0.25) is 0 Å². The Morgan fingerprint density at radius 1 is 1.00 bits per heavy atom. The first kappa shape index (κ1) is 22.1. The monoisotopic (exact) mass is 489 g/mol. The Bertz CT molecular complexity index is 1480. The number of hydrogen-bond donors (Lipinski definition) is 1. The molecule has 5 rings (SSSR count). The summed E-state index contributed by atoms with van der Waals surface area (Å²) in [7, 11) is 0. The summed E-state index contributed by atoms with van der Waals surface area (Å²) in [4.78, 5) is 26.3. The zero-order valence-electron chi connectivity index (χ0n) is 17.9. The van der Waals surface area contributed by atoms with Crippen LogP contribution in [0.15, 0.2) is 86.5 Å². The second kappa shape index (κ2) is 10.0. The van der Waals surface area contributed by atoms with Gasteiger partial charge >= 0.3 is 0 Å². The first-order chi connectivity index (χ1) is 16.7. The molecule has 0 aliphatic heterocycles. The van der Waals surface area contributed by atoms with Gasteiger partial charge in [-0.2, -0.15) is 5.10 Å².